The van der Waals surface area contributed by atoms with Crippen LogP contribution in [0, 0.1) is 19.7 Å². The van der Waals surface area contributed by atoms with Crippen LogP contribution in [0.2, 0.25) is 0 Å². The van der Waals surface area contributed by atoms with Gasteiger partial charge in [-0.2, -0.15) is 0 Å². The lowest BCUT2D eigenvalue weighted by Gasteiger charge is -2.21. The molecule has 25 heavy (non-hydrogen) atoms. The average molecular weight is 342 g/mol. The van der Waals surface area contributed by atoms with Crippen LogP contribution in [0.4, 0.5) is 10.1 Å². The minimum atomic E-state index is -0.300. The quantitative estimate of drug-likeness (QED) is 0.874. The van der Waals surface area contributed by atoms with E-state index in [-0.39, 0.29) is 30.7 Å². The Morgan fingerprint density at radius 1 is 1.12 bits per heavy atom. The van der Waals surface area contributed by atoms with E-state index in [1.54, 1.807) is 18.2 Å². The minimum absolute atomic E-state index is 0.0584. The SMILES string of the molecule is CC(=O)N(CCc1ccccc1F)CC(=O)Nc1cc(C)ccc1C. The number of carbonyl (C=O) groups excluding carboxylic acids is 2. The van der Waals surface area contributed by atoms with Gasteiger partial charge < -0.3 is 10.2 Å². The summed E-state index contributed by atoms with van der Waals surface area (Å²) >= 11 is 0. The Morgan fingerprint density at radius 2 is 1.84 bits per heavy atom. The van der Waals surface area contributed by atoms with Crippen LogP contribution in [0.5, 0.6) is 0 Å². The number of carbonyl (C=O) groups is 2. The van der Waals surface area contributed by atoms with E-state index in [0.29, 0.717) is 12.0 Å². The molecule has 0 radical (unpaired) electrons. The van der Waals surface area contributed by atoms with Crippen LogP contribution in [0.15, 0.2) is 42.5 Å². The van der Waals surface area contributed by atoms with Crippen LogP contribution < -0.4 is 5.32 Å². The molecule has 0 saturated carbocycles. The number of halogens is 1. The maximum absolute atomic E-state index is 13.7. The van der Waals surface area contributed by atoms with Gasteiger partial charge >= 0.3 is 0 Å². The molecule has 0 aliphatic rings. The monoisotopic (exact) mass is 342 g/mol. The molecule has 0 heterocycles. The zero-order chi connectivity index (χ0) is 18.4. The largest absolute Gasteiger partial charge is 0.333 e. The van der Waals surface area contributed by atoms with Gasteiger partial charge in [0.05, 0.1) is 6.54 Å². The highest BCUT2D eigenvalue weighted by atomic mass is 19.1. The topological polar surface area (TPSA) is 49.4 Å². The third-order valence-corrected chi connectivity index (χ3v) is 4.06. The maximum atomic E-state index is 13.7. The number of hydrogen-bond donors (Lipinski definition) is 1. The number of nitrogens with one attached hydrogen (secondary N) is 1. The Labute approximate surface area is 147 Å². The molecule has 5 heteroatoms. The molecule has 1 N–H and O–H groups in total. The number of aryl methyl sites for hydroxylation is 2. The smallest absolute Gasteiger partial charge is 0.244 e. The van der Waals surface area contributed by atoms with Crippen LogP contribution in [-0.2, 0) is 16.0 Å². The summed E-state index contributed by atoms with van der Waals surface area (Å²) in [4.78, 5) is 25.5. The van der Waals surface area contributed by atoms with E-state index in [1.165, 1.54) is 17.9 Å². The number of hydrogen-bond acceptors (Lipinski definition) is 2. The lowest BCUT2D eigenvalue weighted by Crippen LogP contribution is -2.38. The summed E-state index contributed by atoms with van der Waals surface area (Å²) < 4.78 is 13.7. The molecule has 0 unspecified atom stereocenters. The molecule has 0 aliphatic heterocycles. The molecule has 0 atom stereocenters. The van der Waals surface area contributed by atoms with Gasteiger partial charge in [-0.15, -0.1) is 0 Å². The molecule has 2 aromatic rings. The van der Waals surface area contributed by atoms with Crippen LogP contribution in [0.25, 0.3) is 0 Å². The summed E-state index contributed by atoms with van der Waals surface area (Å²) in [5.74, 6) is -0.782. The molecule has 0 spiro atoms. The zero-order valence-electron chi connectivity index (χ0n) is 14.8. The third-order valence-electron chi connectivity index (χ3n) is 4.06. The Kier molecular flexibility index (Phi) is 6.28. The number of amides is 2. The Balaban J connectivity index is 1.98. The summed E-state index contributed by atoms with van der Waals surface area (Å²) in [5, 5.41) is 2.84. The number of rotatable bonds is 6. The number of anilines is 1. The van der Waals surface area contributed by atoms with Gasteiger partial charge in [-0.05, 0) is 49.1 Å². The summed E-state index contributed by atoms with van der Waals surface area (Å²) in [6.07, 6.45) is 0.364. The fourth-order valence-corrected chi connectivity index (χ4v) is 2.54. The maximum Gasteiger partial charge on any atom is 0.244 e. The molecule has 4 nitrogen and oxygen atoms in total. The van der Waals surface area contributed by atoms with Crippen LogP contribution in [0.3, 0.4) is 0 Å². The number of benzene rings is 2. The minimum Gasteiger partial charge on any atom is -0.333 e. The molecule has 0 aromatic heterocycles. The second kappa shape index (κ2) is 8.42. The number of nitrogens with zero attached hydrogens (tertiary/aromatic N) is 1. The molecule has 0 aliphatic carbocycles. The van der Waals surface area contributed by atoms with Crippen molar-refractivity contribution in [2.24, 2.45) is 0 Å². The van der Waals surface area contributed by atoms with Gasteiger partial charge in [-0.1, -0.05) is 30.3 Å². The van der Waals surface area contributed by atoms with Gasteiger partial charge in [0.1, 0.15) is 5.82 Å². The Hall–Kier alpha value is -2.69. The van der Waals surface area contributed by atoms with E-state index in [9.17, 15) is 14.0 Å². The second-order valence-corrected chi connectivity index (χ2v) is 6.15. The summed E-state index contributed by atoms with van der Waals surface area (Å²) in [6, 6.07) is 12.3. The van der Waals surface area contributed by atoms with Crippen LogP contribution >= 0.6 is 0 Å². The van der Waals surface area contributed by atoms with E-state index in [2.05, 4.69) is 5.32 Å². The van der Waals surface area contributed by atoms with Crippen molar-refractivity contribution in [1.82, 2.24) is 4.90 Å². The van der Waals surface area contributed by atoms with Crippen LogP contribution in [-0.4, -0.2) is 29.8 Å². The Morgan fingerprint density at radius 3 is 2.52 bits per heavy atom. The van der Waals surface area contributed by atoms with E-state index >= 15 is 0 Å². The summed E-state index contributed by atoms with van der Waals surface area (Å²) in [5.41, 5.74) is 3.27. The third kappa shape index (κ3) is 5.41. The molecule has 2 rings (SSSR count). The fraction of sp³-hybridized carbons (Fsp3) is 0.300. The van der Waals surface area contributed by atoms with E-state index < -0.39 is 0 Å². The zero-order valence-corrected chi connectivity index (χ0v) is 14.8. The van der Waals surface area contributed by atoms with Crippen molar-refractivity contribution >= 4 is 17.5 Å². The highest BCUT2D eigenvalue weighted by Crippen LogP contribution is 2.16. The molecule has 132 valence electrons. The van der Waals surface area contributed by atoms with Crippen molar-refractivity contribution in [2.75, 3.05) is 18.4 Å². The predicted molar refractivity (Wildman–Crippen MR) is 96.9 cm³/mol. The molecule has 0 bridgehead atoms. The standard InChI is InChI=1S/C20H23FN2O2/c1-14-8-9-15(2)19(12-14)22-20(25)13-23(16(3)24)11-10-17-6-4-5-7-18(17)21/h4-9,12H,10-11,13H2,1-3H3,(H,22,25). The van der Waals surface area contributed by atoms with Crippen molar-refractivity contribution in [1.29, 1.82) is 0 Å². The molecular weight excluding hydrogens is 319 g/mol. The lowest BCUT2D eigenvalue weighted by atomic mass is 10.1. The first kappa shape index (κ1) is 18.6. The van der Waals surface area contributed by atoms with E-state index in [0.717, 1.165) is 16.8 Å². The molecule has 0 saturated heterocycles. The van der Waals surface area contributed by atoms with Gasteiger partial charge in [-0.25, -0.2) is 4.39 Å². The van der Waals surface area contributed by atoms with Gasteiger partial charge in [0.2, 0.25) is 11.8 Å². The van der Waals surface area contributed by atoms with Crippen molar-refractivity contribution in [3.05, 3.63) is 65.0 Å². The molecular formula is C20H23FN2O2. The van der Waals surface area contributed by atoms with Gasteiger partial charge in [0.25, 0.3) is 0 Å². The lowest BCUT2D eigenvalue weighted by molar-refractivity contribution is -0.132. The van der Waals surface area contributed by atoms with Crippen molar-refractivity contribution in [3.63, 3.8) is 0 Å². The van der Waals surface area contributed by atoms with Gasteiger partial charge in [-0.3, -0.25) is 9.59 Å². The first-order valence-corrected chi connectivity index (χ1v) is 8.23. The predicted octanol–water partition coefficient (Wildman–Crippen LogP) is 3.47. The van der Waals surface area contributed by atoms with Crippen molar-refractivity contribution < 1.29 is 14.0 Å². The normalized spacial score (nSPS) is 10.4. The van der Waals surface area contributed by atoms with Crippen molar-refractivity contribution in [2.45, 2.75) is 27.2 Å². The molecule has 2 amide bonds. The molecule has 2 aromatic carbocycles. The van der Waals surface area contributed by atoms with Crippen molar-refractivity contribution in [3.8, 4) is 0 Å². The first-order chi connectivity index (χ1) is 11.9. The highest BCUT2D eigenvalue weighted by Gasteiger charge is 2.15. The Bertz CT molecular complexity index is 774. The summed E-state index contributed by atoms with van der Waals surface area (Å²) in [7, 11) is 0. The van der Waals surface area contributed by atoms with E-state index in [4.69, 9.17) is 0 Å². The van der Waals surface area contributed by atoms with Crippen LogP contribution in [0.1, 0.15) is 23.6 Å². The fourth-order valence-electron chi connectivity index (χ4n) is 2.54. The molecule has 0 fully saturated rings. The van der Waals surface area contributed by atoms with E-state index in [1.807, 2.05) is 32.0 Å². The second-order valence-electron chi connectivity index (χ2n) is 6.15. The summed E-state index contributed by atoms with van der Waals surface area (Å²) in [6.45, 7) is 5.50. The van der Waals surface area contributed by atoms with Gasteiger partial charge in [0.15, 0.2) is 0 Å². The highest BCUT2D eigenvalue weighted by molar-refractivity contribution is 5.94. The average Bonchev–Trinajstić information content (AvgIpc) is 2.56. The van der Waals surface area contributed by atoms with Gasteiger partial charge in [0, 0.05) is 19.2 Å². The first-order valence-electron chi connectivity index (χ1n) is 8.23.